The molecule has 1 saturated heterocycles. The van der Waals surface area contributed by atoms with Gasteiger partial charge in [0.2, 0.25) is 0 Å². The number of aryl methyl sites for hydroxylation is 2. The SMILES string of the molecule is Cc1cc(C(=O)CN2C(=O)NC3(CCCCCC3)C2=O)c(C)n1CCc1ccccc1. The van der Waals surface area contributed by atoms with E-state index < -0.39 is 11.6 Å². The molecule has 0 bridgehead atoms. The van der Waals surface area contributed by atoms with Crippen LogP contribution in [-0.2, 0) is 17.8 Å². The number of Topliss-reactive ketones (excluding diaryl/α,β-unsaturated/α-hetero) is 1. The highest BCUT2D eigenvalue weighted by Crippen LogP contribution is 2.33. The van der Waals surface area contributed by atoms with E-state index in [1.54, 1.807) is 0 Å². The first-order chi connectivity index (χ1) is 14.9. The average molecular weight is 422 g/mol. The number of nitrogens with zero attached hydrogens (tertiary/aromatic N) is 2. The van der Waals surface area contributed by atoms with Gasteiger partial charge in [-0.05, 0) is 44.7 Å². The van der Waals surface area contributed by atoms with Gasteiger partial charge >= 0.3 is 6.03 Å². The Balaban J connectivity index is 1.47. The molecular formula is C25H31N3O3. The summed E-state index contributed by atoms with van der Waals surface area (Å²) in [6.45, 7) is 4.50. The number of carbonyl (C=O) groups is 3. The molecule has 6 heteroatoms. The molecule has 2 fully saturated rings. The molecule has 3 amide bonds. The van der Waals surface area contributed by atoms with Gasteiger partial charge in [0.1, 0.15) is 5.54 Å². The van der Waals surface area contributed by atoms with E-state index in [1.165, 1.54) is 5.56 Å². The number of rotatable bonds is 6. The van der Waals surface area contributed by atoms with Crippen LogP contribution in [0.15, 0.2) is 36.4 Å². The summed E-state index contributed by atoms with van der Waals surface area (Å²) in [4.78, 5) is 39.9. The number of urea groups is 1. The van der Waals surface area contributed by atoms with Crippen LogP contribution in [0.3, 0.4) is 0 Å². The number of imide groups is 1. The van der Waals surface area contributed by atoms with Crippen molar-refractivity contribution in [2.75, 3.05) is 6.54 Å². The van der Waals surface area contributed by atoms with E-state index in [1.807, 2.05) is 38.1 Å². The second-order valence-electron chi connectivity index (χ2n) is 8.91. The van der Waals surface area contributed by atoms with E-state index >= 15 is 0 Å². The molecule has 2 aromatic rings. The maximum Gasteiger partial charge on any atom is 0.325 e. The van der Waals surface area contributed by atoms with E-state index in [9.17, 15) is 14.4 Å². The Bertz CT molecular complexity index is 985. The number of hydrogen-bond acceptors (Lipinski definition) is 3. The molecule has 1 N–H and O–H groups in total. The standard InChI is InChI=1S/C25H31N3O3/c1-18-16-21(19(2)27(18)15-12-20-10-6-5-7-11-20)22(29)17-28-23(30)25(26-24(28)31)13-8-3-4-9-14-25/h5-7,10-11,16H,3-4,8-9,12-15,17H2,1-2H3,(H,26,31). The van der Waals surface area contributed by atoms with Gasteiger partial charge in [0.15, 0.2) is 5.78 Å². The smallest absolute Gasteiger partial charge is 0.325 e. The van der Waals surface area contributed by atoms with Crippen molar-refractivity contribution in [3.05, 3.63) is 58.9 Å². The number of benzene rings is 1. The van der Waals surface area contributed by atoms with E-state index in [0.717, 1.165) is 54.9 Å². The summed E-state index contributed by atoms with van der Waals surface area (Å²) < 4.78 is 2.14. The zero-order chi connectivity index (χ0) is 22.0. The summed E-state index contributed by atoms with van der Waals surface area (Å²) in [5, 5.41) is 2.92. The third-order valence-corrected chi connectivity index (χ3v) is 6.85. The molecule has 2 heterocycles. The van der Waals surface area contributed by atoms with Crippen LogP contribution in [0.5, 0.6) is 0 Å². The Labute approximate surface area is 183 Å². The third kappa shape index (κ3) is 4.16. The number of nitrogens with one attached hydrogen (secondary N) is 1. The summed E-state index contributed by atoms with van der Waals surface area (Å²) in [6, 6.07) is 11.7. The largest absolute Gasteiger partial charge is 0.348 e. The molecule has 1 aliphatic carbocycles. The lowest BCUT2D eigenvalue weighted by molar-refractivity contribution is -0.131. The molecule has 164 valence electrons. The minimum atomic E-state index is -0.805. The van der Waals surface area contributed by atoms with Crippen molar-refractivity contribution < 1.29 is 14.4 Å². The lowest BCUT2D eigenvalue weighted by Gasteiger charge is -2.24. The van der Waals surface area contributed by atoms with Crippen molar-refractivity contribution in [1.29, 1.82) is 0 Å². The number of hydrogen-bond donors (Lipinski definition) is 1. The maximum absolute atomic E-state index is 13.1. The molecule has 4 rings (SSSR count). The molecule has 6 nitrogen and oxygen atoms in total. The third-order valence-electron chi connectivity index (χ3n) is 6.85. The van der Waals surface area contributed by atoms with E-state index in [2.05, 4.69) is 22.0 Å². The molecule has 2 aliphatic rings. The van der Waals surface area contributed by atoms with Crippen molar-refractivity contribution in [1.82, 2.24) is 14.8 Å². The van der Waals surface area contributed by atoms with Gasteiger partial charge in [0, 0.05) is 23.5 Å². The minimum Gasteiger partial charge on any atom is -0.348 e. The molecule has 1 aromatic heterocycles. The topological polar surface area (TPSA) is 71.4 Å². The lowest BCUT2D eigenvalue weighted by Crippen LogP contribution is -2.46. The summed E-state index contributed by atoms with van der Waals surface area (Å²) in [5.74, 6) is -0.418. The van der Waals surface area contributed by atoms with Crippen LogP contribution < -0.4 is 5.32 Å². The van der Waals surface area contributed by atoms with Gasteiger partial charge in [-0.25, -0.2) is 4.79 Å². The van der Waals surface area contributed by atoms with Gasteiger partial charge in [-0.1, -0.05) is 56.0 Å². The minimum absolute atomic E-state index is 0.187. The predicted molar refractivity (Wildman–Crippen MR) is 119 cm³/mol. The first-order valence-electron chi connectivity index (χ1n) is 11.3. The van der Waals surface area contributed by atoms with E-state index in [0.29, 0.717) is 18.4 Å². The number of carbonyl (C=O) groups excluding carboxylic acids is 3. The second kappa shape index (κ2) is 8.69. The first-order valence-corrected chi connectivity index (χ1v) is 11.3. The molecule has 0 unspecified atom stereocenters. The van der Waals surface area contributed by atoms with Crippen LogP contribution in [0.25, 0.3) is 0 Å². The van der Waals surface area contributed by atoms with Gasteiger partial charge in [-0.15, -0.1) is 0 Å². The van der Waals surface area contributed by atoms with Gasteiger partial charge in [0.25, 0.3) is 5.91 Å². The van der Waals surface area contributed by atoms with Crippen LogP contribution in [0.4, 0.5) is 4.79 Å². The van der Waals surface area contributed by atoms with Crippen molar-refractivity contribution in [3.63, 3.8) is 0 Å². The normalized spacial score (nSPS) is 18.3. The Hall–Kier alpha value is -2.89. The zero-order valence-corrected chi connectivity index (χ0v) is 18.4. The number of aromatic nitrogens is 1. The fourth-order valence-corrected chi connectivity index (χ4v) is 5.03. The van der Waals surface area contributed by atoms with Crippen LogP contribution >= 0.6 is 0 Å². The van der Waals surface area contributed by atoms with Gasteiger partial charge in [-0.2, -0.15) is 0 Å². The monoisotopic (exact) mass is 421 g/mol. The Kier molecular flexibility index (Phi) is 5.99. The van der Waals surface area contributed by atoms with Gasteiger partial charge < -0.3 is 9.88 Å². The number of ketones is 1. The van der Waals surface area contributed by atoms with Crippen molar-refractivity contribution in [2.45, 2.75) is 70.9 Å². The molecule has 0 radical (unpaired) electrons. The predicted octanol–water partition coefficient (Wildman–Crippen LogP) is 4.18. The average Bonchev–Trinajstić information content (AvgIpc) is 3.04. The van der Waals surface area contributed by atoms with Crippen molar-refractivity contribution in [3.8, 4) is 0 Å². The highest BCUT2D eigenvalue weighted by Gasteiger charge is 2.51. The summed E-state index contributed by atoms with van der Waals surface area (Å²) in [5.41, 5.74) is 2.92. The molecule has 1 aliphatic heterocycles. The van der Waals surface area contributed by atoms with Crippen LogP contribution in [-0.4, -0.2) is 39.3 Å². The Morgan fingerprint density at radius 2 is 1.71 bits per heavy atom. The molecule has 1 spiro atoms. The Morgan fingerprint density at radius 1 is 1.03 bits per heavy atom. The van der Waals surface area contributed by atoms with E-state index in [-0.39, 0.29) is 18.2 Å². The zero-order valence-electron chi connectivity index (χ0n) is 18.4. The Morgan fingerprint density at radius 3 is 2.39 bits per heavy atom. The van der Waals surface area contributed by atoms with E-state index in [4.69, 9.17) is 0 Å². The molecule has 0 atom stereocenters. The second-order valence-corrected chi connectivity index (χ2v) is 8.91. The van der Waals surface area contributed by atoms with Crippen LogP contribution in [0.1, 0.15) is 65.8 Å². The molecule has 1 saturated carbocycles. The maximum atomic E-state index is 13.1. The highest BCUT2D eigenvalue weighted by molar-refractivity contribution is 6.11. The molecular weight excluding hydrogens is 390 g/mol. The van der Waals surface area contributed by atoms with Crippen molar-refractivity contribution in [2.24, 2.45) is 0 Å². The fourth-order valence-electron chi connectivity index (χ4n) is 5.03. The quantitative estimate of drug-likeness (QED) is 0.562. The molecule has 31 heavy (non-hydrogen) atoms. The van der Waals surface area contributed by atoms with Gasteiger partial charge in [0.05, 0.1) is 6.54 Å². The van der Waals surface area contributed by atoms with Gasteiger partial charge in [-0.3, -0.25) is 14.5 Å². The lowest BCUT2D eigenvalue weighted by atomic mass is 9.90. The van der Waals surface area contributed by atoms with Crippen molar-refractivity contribution >= 4 is 17.7 Å². The highest BCUT2D eigenvalue weighted by atomic mass is 16.2. The number of amides is 3. The summed E-state index contributed by atoms with van der Waals surface area (Å²) in [7, 11) is 0. The fraction of sp³-hybridized carbons (Fsp3) is 0.480. The first kappa shape index (κ1) is 21.3. The summed E-state index contributed by atoms with van der Waals surface area (Å²) >= 11 is 0. The van der Waals surface area contributed by atoms with Crippen LogP contribution in [0, 0.1) is 13.8 Å². The molecule has 1 aromatic carbocycles. The van der Waals surface area contributed by atoms with Crippen LogP contribution in [0.2, 0.25) is 0 Å². The summed E-state index contributed by atoms with van der Waals surface area (Å²) in [6.07, 6.45) is 6.22.